The van der Waals surface area contributed by atoms with E-state index in [1.807, 2.05) is 35.2 Å². The Labute approximate surface area is 141 Å². The summed E-state index contributed by atoms with van der Waals surface area (Å²) in [5.41, 5.74) is 1.24. The Morgan fingerprint density at radius 1 is 1.17 bits per heavy atom. The van der Waals surface area contributed by atoms with E-state index in [0.29, 0.717) is 12.2 Å². The fraction of sp³-hybridized carbons (Fsp3) is 0.471. The van der Waals surface area contributed by atoms with Gasteiger partial charge in [0.2, 0.25) is 0 Å². The van der Waals surface area contributed by atoms with Gasteiger partial charge in [-0.2, -0.15) is 9.90 Å². The van der Waals surface area contributed by atoms with Crippen molar-refractivity contribution in [2.75, 3.05) is 46.4 Å². The van der Waals surface area contributed by atoms with E-state index in [4.69, 9.17) is 4.74 Å². The van der Waals surface area contributed by atoms with E-state index in [-0.39, 0.29) is 5.91 Å². The van der Waals surface area contributed by atoms with E-state index in [0.717, 1.165) is 44.9 Å². The summed E-state index contributed by atoms with van der Waals surface area (Å²) in [4.78, 5) is 18.4. The summed E-state index contributed by atoms with van der Waals surface area (Å²) < 4.78 is 5.13. The monoisotopic (exact) mass is 329 g/mol. The van der Waals surface area contributed by atoms with Crippen LogP contribution < -0.4 is 0 Å². The Morgan fingerprint density at radius 3 is 2.79 bits per heavy atom. The zero-order valence-electron chi connectivity index (χ0n) is 14.0. The summed E-state index contributed by atoms with van der Waals surface area (Å²) in [5, 5.41) is 8.55. The largest absolute Gasteiger partial charge is 0.383 e. The molecule has 3 rings (SSSR count). The van der Waals surface area contributed by atoms with Crippen molar-refractivity contribution in [3.8, 4) is 5.69 Å². The number of ether oxygens (including phenoxy) is 1. The molecular formula is C17H23N5O2. The Bertz CT molecular complexity index is 658. The second-order valence-electron chi connectivity index (χ2n) is 5.83. The normalized spacial score (nSPS) is 16.1. The van der Waals surface area contributed by atoms with Gasteiger partial charge in [-0.05, 0) is 25.1 Å². The molecule has 0 aliphatic carbocycles. The summed E-state index contributed by atoms with van der Waals surface area (Å²) in [7, 11) is 1.71. The summed E-state index contributed by atoms with van der Waals surface area (Å²) in [6.45, 7) is 4.94. The van der Waals surface area contributed by atoms with Gasteiger partial charge in [0.25, 0.3) is 5.91 Å². The fourth-order valence-corrected chi connectivity index (χ4v) is 2.83. The van der Waals surface area contributed by atoms with Gasteiger partial charge in [-0.15, -0.1) is 5.10 Å². The molecular weight excluding hydrogens is 306 g/mol. The quantitative estimate of drug-likeness (QED) is 0.821. The zero-order chi connectivity index (χ0) is 16.8. The molecule has 2 heterocycles. The van der Waals surface area contributed by atoms with Gasteiger partial charge >= 0.3 is 0 Å². The lowest BCUT2D eigenvalue weighted by molar-refractivity contribution is 0.0753. The van der Waals surface area contributed by atoms with Gasteiger partial charge in [0.05, 0.1) is 18.5 Å². The van der Waals surface area contributed by atoms with Gasteiger partial charge < -0.3 is 9.64 Å². The number of carbonyl (C=O) groups is 1. The van der Waals surface area contributed by atoms with Gasteiger partial charge in [-0.25, -0.2) is 0 Å². The van der Waals surface area contributed by atoms with E-state index < -0.39 is 0 Å². The Kier molecular flexibility index (Phi) is 5.55. The highest BCUT2D eigenvalue weighted by Gasteiger charge is 2.22. The molecule has 1 aromatic carbocycles. The minimum absolute atomic E-state index is 0.0502. The van der Waals surface area contributed by atoms with E-state index >= 15 is 0 Å². The summed E-state index contributed by atoms with van der Waals surface area (Å²) in [5.74, 6) is -0.0502. The van der Waals surface area contributed by atoms with Crippen LogP contribution in [0.2, 0.25) is 0 Å². The Hall–Kier alpha value is -2.25. The van der Waals surface area contributed by atoms with Crippen molar-refractivity contribution in [3.63, 3.8) is 0 Å². The minimum atomic E-state index is -0.0502. The molecule has 2 aromatic rings. The highest BCUT2D eigenvalue weighted by Crippen LogP contribution is 2.09. The molecule has 1 saturated heterocycles. The molecule has 1 aliphatic rings. The van der Waals surface area contributed by atoms with Crippen molar-refractivity contribution in [3.05, 3.63) is 42.2 Å². The van der Waals surface area contributed by atoms with E-state index in [9.17, 15) is 4.79 Å². The van der Waals surface area contributed by atoms with Crippen molar-refractivity contribution in [2.45, 2.75) is 6.42 Å². The first-order valence-corrected chi connectivity index (χ1v) is 8.26. The average Bonchev–Trinajstić information content (AvgIpc) is 3.00. The van der Waals surface area contributed by atoms with Crippen molar-refractivity contribution < 1.29 is 9.53 Å². The molecule has 0 N–H and O–H groups in total. The molecule has 0 unspecified atom stereocenters. The van der Waals surface area contributed by atoms with Crippen LogP contribution in [0.3, 0.4) is 0 Å². The lowest BCUT2D eigenvalue weighted by Gasteiger charge is -2.20. The maximum atomic E-state index is 12.7. The molecule has 0 radical (unpaired) electrons. The third-order valence-electron chi connectivity index (χ3n) is 4.19. The highest BCUT2D eigenvalue weighted by molar-refractivity contribution is 5.92. The van der Waals surface area contributed by atoms with Gasteiger partial charge in [0.15, 0.2) is 5.69 Å². The van der Waals surface area contributed by atoms with Crippen molar-refractivity contribution in [1.82, 2.24) is 24.8 Å². The number of aromatic nitrogens is 3. The maximum absolute atomic E-state index is 12.7. The highest BCUT2D eigenvalue weighted by atomic mass is 16.5. The minimum Gasteiger partial charge on any atom is -0.383 e. The van der Waals surface area contributed by atoms with Gasteiger partial charge in [-0.3, -0.25) is 9.69 Å². The molecule has 0 bridgehead atoms. The first kappa shape index (κ1) is 16.6. The number of methoxy groups -OCH3 is 1. The predicted octanol–water partition coefficient (Wildman–Crippen LogP) is 1.06. The average molecular weight is 329 g/mol. The molecule has 1 fully saturated rings. The molecule has 0 atom stereocenters. The number of carbonyl (C=O) groups excluding carboxylic acids is 1. The SMILES string of the molecule is COCCN1CCCN(C(=O)c2cnn(-c3ccccc3)n2)CC1. The first-order valence-electron chi connectivity index (χ1n) is 8.26. The molecule has 1 amide bonds. The molecule has 0 spiro atoms. The van der Waals surface area contributed by atoms with Crippen LogP contribution in [0.1, 0.15) is 16.9 Å². The van der Waals surface area contributed by atoms with E-state index in [2.05, 4.69) is 15.1 Å². The predicted molar refractivity (Wildman–Crippen MR) is 90.2 cm³/mol. The Morgan fingerprint density at radius 2 is 2.00 bits per heavy atom. The second-order valence-corrected chi connectivity index (χ2v) is 5.83. The molecule has 7 heteroatoms. The lowest BCUT2D eigenvalue weighted by Crippen LogP contribution is -2.36. The second kappa shape index (κ2) is 8.03. The summed E-state index contributed by atoms with van der Waals surface area (Å²) in [6, 6.07) is 9.60. The van der Waals surface area contributed by atoms with Crippen LogP contribution in [0, 0.1) is 0 Å². The van der Waals surface area contributed by atoms with Crippen LogP contribution in [0.5, 0.6) is 0 Å². The number of hydrogen-bond acceptors (Lipinski definition) is 5. The van der Waals surface area contributed by atoms with Gasteiger partial charge in [0.1, 0.15) is 0 Å². The fourth-order valence-electron chi connectivity index (χ4n) is 2.83. The molecule has 1 aromatic heterocycles. The van der Waals surface area contributed by atoms with Crippen LogP contribution >= 0.6 is 0 Å². The van der Waals surface area contributed by atoms with Crippen LogP contribution in [0.4, 0.5) is 0 Å². The molecule has 24 heavy (non-hydrogen) atoms. The number of benzene rings is 1. The molecule has 128 valence electrons. The number of hydrogen-bond donors (Lipinski definition) is 0. The number of nitrogens with zero attached hydrogens (tertiary/aromatic N) is 5. The molecule has 0 saturated carbocycles. The zero-order valence-corrected chi connectivity index (χ0v) is 14.0. The number of para-hydroxylation sites is 1. The third kappa shape index (κ3) is 3.98. The van der Waals surface area contributed by atoms with E-state index in [1.165, 1.54) is 4.80 Å². The van der Waals surface area contributed by atoms with Gasteiger partial charge in [0, 0.05) is 33.3 Å². The van der Waals surface area contributed by atoms with Crippen LogP contribution in [0.25, 0.3) is 5.69 Å². The topological polar surface area (TPSA) is 63.5 Å². The van der Waals surface area contributed by atoms with Crippen LogP contribution in [0.15, 0.2) is 36.5 Å². The van der Waals surface area contributed by atoms with Crippen molar-refractivity contribution in [1.29, 1.82) is 0 Å². The summed E-state index contributed by atoms with van der Waals surface area (Å²) in [6.07, 6.45) is 2.51. The number of rotatable bonds is 5. The van der Waals surface area contributed by atoms with Crippen molar-refractivity contribution in [2.24, 2.45) is 0 Å². The first-order chi connectivity index (χ1) is 11.8. The van der Waals surface area contributed by atoms with Crippen molar-refractivity contribution >= 4 is 5.91 Å². The van der Waals surface area contributed by atoms with E-state index in [1.54, 1.807) is 13.3 Å². The van der Waals surface area contributed by atoms with Crippen LogP contribution in [-0.4, -0.2) is 77.1 Å². The third-order valence-corrected chi connectivity index (χ3v) is 4.19. The number of amides is 1. The standard InChI is InChI=1S/C17H23N5O2/c1-24-13-12-20-8-5-9-21(11-10-20)17(23)16-14-18-22(19-16)15-6-3-2-4-7-15/h2-4,6-7,14H,5,8-13H2,1H3. The lowest BCUT2D eigenvalue weighted by atomic mass is 10.3. The molecule has 7 nitrogen and oxygen atoms in total. The Balaban J connectivity index is 1.63. The van der Waals surface area contributed by atoms with Crippen LogP contribution in [-0.2, 0) is 4.74 Å². The summed E-state index contributed by atoms with van der Waals surface area (Å²) >= 11 is 0. The molecule has 1 aliphatic heterocycles. The smallest absolute Gasteiger partial charge is 0.276 e. The maximum Gasteiger partial charge on any atom is 0.276 e. The van der Waals surface area contributed by atoms with Gasteiger partial charge in [-0.1, -0.05) is 18.2 Å².